The number of carbonyl (C=O) groups excluding carboxylic acids is 1. The van der Waals surface area contributed by atoms with Crippen molar-refractivity contribution >= 4 is 28.8 Å². The third kappa shape index (κ3) is 5.69. The van der Waals surface area contributed by atoms with Gasteiger partial charge in [0.05, 0.1) is 18.1 Å². The van der Waals surface area contributed by atoms with Crippen molar-refractivity contribution < 1.29 is 14.5 Å². The lowest BCUT2D eigenvalue weighted by Gasteiger charge is -2.26. The summed E-state index contributed by atoms with van der Waals surface area (Å²) in [5.74, 6) is 0.222. The SMILES string of the molecule is CC(=O)c1ccc(Nc2ncnc(NCCCN3CCOCC3)c2[N+](=O)[O-])cc1. The molecule has 10 heteroatoms. The Morgan fingerprint density at radius 1 is 1.21 bits per heavy atom. The number of anilines is 3. The number of hydrogen-bond donors (Lipinski definition) is 2. The number of nitro groups is 1. The maximum absolute atomic E-state index is 11.6. The molecule has 0 amide bonds. The van der Waals surface area contributed by atoms with Crippen LogP contribution >= 0.6 is 0 Å². The second-order valence-corrected chi connectivity index (χ2v) is 6.67. The van der Waals surface area contributed by atoms with E-state index < -0.39 is 4.92 Å². The van der Waals surface area contributed by atoms with Crippen molar-refractivity contribution in [1.82, 2.24) is 14.9 Å². The predicted molar refractivity (Wildman–Crippen MR) is 109 cm³/mol. The van der Waals surface area contributed by atoms with Crippen LogP contribution in [0.5, 0.6) is 0 Å². The lowest BCUT2D eigenvalue weighted by Crippen LogP contribution is -2.37. The van der Waals surface area contributed by atoms with E-state index >= 15 is 0 Å². The molecule has 3 rings (SSSR count). The highest BCUT2D eigenvalue weighted by atomic mass is 16.6. The molecule has 1 aromatic carbocycles. The van der Waals surface area contributed by atoms with Crippen molar-refractivity contribution in [3.8, 4) is 0 Å². The highest BCUT2D eigenvalue weighted by molar-refractivity contribution is 5.94. The molecule has 10 nitrogen and oxygen atoms in total. The van der Waals surface area contributed by atoms with Gasteiger partial charge in [0.15, 0.2) is 5.78 Å². The molecule has 0 radical (unpaired) electrons. The van der Waals surface area contributed by atoms with Crippen LogP contribution < -0.4 is 10.6 Å². The molecule has 1 saturated heterocycles. The molecule has 2 N–H and O–H groups in total. The van der Waals surface area contributed by atoms with E-state index in [1.807, 2.05) is 0 Å². The van der Waals surface area contributed by atoms with Gasteiger partial charge in [0.2, 0.25) is 11.6 Å². The lowest BCUT2D eigenvalue weighted by atomic mass is 10.1. The minimum Gasteiger partial charge on any atom is -0.379 e. The average molecular weight is 400 g/mol. The molecule has 0 unspecified atom stereocenters. The van der Waals surface area contributed by atoms with Gasteiger partial charge < -0.3 is 15.4 Å². The number of carbonyl (C=O) groups is 1. The molecule has 0 spiro atoms. The molecule has 29 heavy (non-hydrogen) atoms. The number of benzene rings is 1. The fraction of sp³-hybridized carbons (Fsp3) is 0.421. The largest absolute Gasteiger partial charge is 0.379 e. The molecule has 1 aliphatic rings. The van der Waals surface area contributed by atoms with Gasteiger partial charge in [-0.1, -0.05) is 0 Å². The van der Waals surface area contributed by atoms with Crippen molar-refractivity contribution in [3.05, 3.63) is 46.3 Å². The zero-order chi connectivity index (χ0) is 20.6. The van der Waals surface area contributed by atoms with Crippen molar-refractivity contribution in [3.63, 3.8) is 0 Å². The van der Waals surface area contributed by atoms with E-state index in [1.54, 1.807) is 24.3 Å². The summed E-state index contributed by atoms with van der Waals surface area (Å²) < 4.78 is 5.32. The second-order valence-electron chi connectivity index (χ2n) is 6.67. The van der Waals surface area contributed by atoms with Crippen LogP contribution in [-0.2, 0) is 4.74 Å². The monoisotopic (exact) mass is 400 g/mol. The van der Waals surface area contributed by atoms with E-state index in [1.165, 1.54) is 13.3 Å². The minimum absolute atomic E-state index is 0.0480. The lowest BCUT2D eigenvalue weighted by molar-refractivity contribution is -0.383. The van der Waals surface area contributed by atoms with E-state index in [2.05, 4.69) is 25.5 Å². The summed E-state index contributed by atoms with van der Waals surface area (Å²) in [5.41, 5.74) is 0.944. The molecule has 0 atom stereocenters. The quantitative estimate of drug-likeness (QED) is 0.283. The van der Waals surface area contributed by atoms with E-state index in [4.69, 9.17) is 4.74 Å². The highest BCUT2D eigenvalue weighted by Crippen LogP contribution is 2.31. The number of ketones is 1. The van der Waals surface area contributed by atoms with Crippen LogP contribution in [0.1, 0.15) is 23.7 Å². The summed E-state index contributed by atoms with van der Waals surface area (Å²) in [4.78, 5) is 32.9. The Balaban J connectivity index is 1.65. The maximum atomic E-state index is 11.6. The van der Waals surface area contributed by atoms with Crippen LogP contribution in [0.4, 0.5) is 23.0 Å². The van der Waals surface area contributed by atoms with Gasteiger partial charge >= 0.3 is 5.69 Å². The van der Waals surface area contributed by atoms with Gasteiger partial charge in [-0.15, -0.1) is 0 Å². The Kier molecular flexibility index (Phi) is 7.04. The van der Waals surface area contributed by atoms with Crippen LogP contribution in [-0.4, -0.2) is 65.0 Å². The normalized spacial score (nSPS) is 14.4. The van der Waals surface area contributed by atoms with Crippen molar-refractivity contribution in [2.45, 2.75) is 13.3 Å². The van der Waals surface area contributed by atoms with E-state index in [0.717, 1.165) is 39.3 Å². The summed E-state index contributed by atoms with van der Waals surface area (Å²) >= 11 is 0. The second kappa shape index (κ2) is 9.89. The predicted octanol–water partition coefficient (Wildman–Crippen LogP) is 2.47. The molecule has 154 valence electrons. The molecule has 0 aliphatic carbocycles. The zero-order valence-electron chi connectivity index (χ0n) is 16.3. The van der Waals surface area contributed by atoms with Gasteiger partial charge in [-0.2, -0.15) is 0 Å². The molecule has 1 fully saturated rings. The highest BCUT2D eigenvalue weighted by Gasteiger charge is 2.23. The number of aromatic nitrogens is 2. The van der Waals surface area contributed by atoms with Gasteiger partial charge in [0, 0.05) is 30.9 Å². The van der Waals surface area contributed by atoms with Crippen LogP contribution in [0.25, 0.3) is 0 Å². The molecular formula is C19H24N6O4. The first-order valence-electron chi connectivity index (χ1n) is 9.46. The third-order valence-electron chi connectivity index (χ3n) is 4.61. The van der Waals surface area contributed by atoms with Crippen LogP contribution in [0.2, 0.25) is 0 Å². The molecule has 0 saturated carbocycles. The number of rotatable bonds is 9. The summed E-state index contributed by atoms with van der Waals surface area (Å²) in [5, 5.41) is 17.6. The number of ether oxygens (including phenoxy) is 1. The molecule has 1 aromatic heterocycles. The average Bonchev–Trinajstić information content (AvgIpc) is 2.72. The molecular weight excluding hydrogens is 376 g/mol. The number of hydrogen-bond acceptors (Lipinski definition) is 9. The van der Waals surface area contributed by atoms with Crippen LogP contribution in [0.15, 0.2) is 30.6 Å². The van der Waals surface area contributed by atoms with Gasteiger partial charge in [-0.3, -0.25) is 19.8 Å². The topological polar surface area (TPSA) is 123 Å². The number of Topliss-reactive ketones (excluding diaryl/α,β-unsaturated/α-hetero) is 1. The Labute approximate surface area is 168 Å². The molecule has 0 bridgehead atoms. The van der Waals surface area contributed by atoms with Crippen LogP contribution in [0.3, 0.4) is 0 Å². The summed E-state index contributed by atoms with van der Waals surface area (Å²) in [6.07, 6.45) is 2.11. The molecule has 2 heterocycles. The molecule has 2 aromatic rings. The van der Waals surface area contributed by atoms with Crippen molar-refractivity contribution in [2.75, 3.05) is 50.0 Å². The summed E-state index contributed by atoms with van der Waals surface area (Å²) in [6.45, 7) is 6.23. The first kappa shape index (κ1) is 20.6. The third-order valence-corrected chi connectivity index (χ3v) is 4.61. The van der Waals surface area contributed by atoms with Crippen molar-refractivity contribution in [1.29, 1.82) is 0 Å². The van der Waals surface area contributed by atoms with E-state index in [9.17, 15) is 14.9 Å². The Bertz CT molecular complexity index is 852. The number of nitrogens with zero attached hydrogens (tertiary/aromatic N) is 4. The first-order chi connectivity index (χ1) is 14.0. The zero-order valence-corrected chi connectivity index (χ0v) is 16.3. The van der Waals surface area contributed by atoms with Gasteiger partial charge in [-0.05, 0) is 44.2 Å². The molecule has 1 aliphatic heterocycles. The van der Waals surface area contributed by atoms with Gasteiger partial charge in [0.25, 0.3) is 0 Å². The Hall–Kier alpha value is -3.11. The van der Waals surface area contributed by atoms with Gasteiger partial charge in [-0.25, -0.2) is 9.97 Å². The summed E-state index contributed by atoms with van der Waals surface area (Å²) in [6, 6.07) is 6.67. The Morgan fingerprint density at radius 3 is 2.55 bits per heavy atom. The van der Waals surface area contributed by atoms with E-state index in [-0.39, 0.29) is 23.1 Å². The fourth-order valence-corrected chi connectivity index (χ4v) is 3.03. The van der Waals surface area contributed by atoms with Crippen molar-refractivity contribution in [2.24, 2.45) is 0 Å². The van der Waals surface area contributed by atoms with Gasteiger partial charge in [0.1, 0.15) is 6.33 Å². The first-order valence-corrected chi connectivity index (χ1v) is 9.46. The number of nitrogens with one attached hydrogen (secondary N) is 2. The Morgan fingerprint density at radius 2 is 1.90 bits per heavy atom. The number of morpholine rings is 1. The maximum Gasteiger partial charge on any atom is 0.353 e. The van der Waals surface area contributed by atoms with Crippen LogP contribution in [0, 0.1) is 10.1 Å². The fourth-order valence-electron chi connectivity index (χ4n) is 3.03. The van der Waals surface area contributed by atoms with E-state index in [0.29, 0.717) is 17.8 Å². The minimum atomic E-state index is -0.503. The standard InChI is InChI=1S/C19H24N6O4/c1-14(26)15-3-5-16(6-4-15)23-19-17(25(27)28)18(21-13-22-19)20-7-2-8-24-9-11-29-12-10-24/h3-6,13H,2,7-12H2,1H3,(H2,20,21,22,23). The summed E-state index contributed by atoms with van der Waals surface area (Å²) in [7, 11) is 0. The smallest absolute Gasteiger partial charge is 0.353 e.